The average Bonchev–Trinajstić information content (AvgIpc) is 2.55. The van der Waals surface area contributed by atoms with Crippen LogP contribution in [0, 0.1) is 0 Å². The smallest absolute Gasteiger partial charge is 0.0989 e. The second kappa shape index (κ2) is 7.52. The van der Waals surface area contributed by atoms with Crippen LogP contribution in [0.5, 0.6) is 0 Å². The van der Waals surface area contributed by atoms with Gasteiger partial charge in [0.1, 0.15) is 0 Å². The highest BCUT2D eigenvalue weighted by atomic mass is 32.2. The summed E-state index contributed by atoms with van der Waals surface area (Å²) in [5, 5.41) is 0. The molecule has 0 spiro atoms. The van der Waals surface area contributed by atoms with Gasteiger partial charge in [-0.15, -0.1) is 0 Å². The fraction of sp³-hybridized carbons (Fsp3) is 0.182. The molecule has 0 bridgehead atoms. The summed E-state index contributed by atoms with van der Waals surface area (Å²) >= 11 is 0. The van der Waals surface area contributed by atoms with Gasteiger partial charge in [-0.1, -0.05) is 70.3 Å². The van der Waals surface area contributed by atoms with Crippen LogP contribution in [-0.4, -0.2) is 0 Å². The maximum atomic E-state index is 4.00. The second-order valence-electron chi connectivity index (χ2n) is 6.40. The molecule has 2 rings (SSSR count). The first-order valence-corrected chi connectivity index (χ1v) is 9.05. The Kier molecular flexibility index (Phi) is 5.68. The Morgan fingerprint density at radius 2 is 1.43 bits per heavy atom. The first-order chi connectivity index (χ1) is 11.0. The monoisotopic (exact) mass is 321 g/mol. The van der Waals surface area contributed by atoms with Crippen molar-refractivity contribution in [3.05, 3.63) is 96.5 Å². The summed E-state index contributed by atoms with van der Waals surface area (Å²) in [7, 11) is -0.152. The molecule has 0 heterocycles. The molecule has 23 heavy (non-hydrogen) atoms. The third kappa shape index (κ3) is 4.27. The highest BCUT2D eigenvalue weighted by Gasteiger charge is 2.29. The molecular weight excluding hydrogens is 296 g/mol. The molecule has 0 aromatic heterocycles. The molecule has 0 aliphatic rings. The van der Waals surface area contributed by atoms with Crippen LogP contribution in [0.25, 0.3) is 0 Å². The zero-order chi connectivity index (χ0) is 16.9. The van der Waals surface area contributed by atoms with Gasteiger partial charge in [0, 0.05) is 0 Å². The van der Waals surface area contributed by atoms with Crippen LogP contribution >= 0.6 is 0 Å². The van der Waals surface area contributed by atoms with Gasteiger partial charge in [-0.3, -0.25) is 0 Å². The van der Waals surface area contributed by atoms with E-state index in [1.165, 1.54) is 20.3 Å². The molecular formula is C22H25S+. The highest BCUT2D eigenvalue weighted by Crippen LogP contribution is 2.32. The van der Waals surface area contributed by atoms with E-state index in [1.807, 2.05) is 12.2 Å². The summed E-state index contributed by atoms with van der Waals surface area (Å²) in [4.78, 5) is 3.79. The number of allylic oxidation sites excluding steroid dienone is 3. The highest BCUT2D eigenvalue weighted by molar-refractivity contribution is 8.00. The quantitative estimate of drug-likeness (QED) is 0.449. The third-order valence-electron chi connectivity index (χ3n) is 3.65. The van der Waals surface area contributed by atoms with Crippen LogP contribution in [0.3, 0.4) is 0 Å². The topological polar surface area (TPSA) is 0 Å². The van der Waals surface area contributed by atoms with E-state index >= 15 is 0 Å². The maximum absolute atomic E-state index is 4.00. The summed E-state index contributed by atoms with van der Waals surface area (Å²) in [5.41, 5.74) is 1.52. The van der Waals surface area contributed by atoms with Crippen molar-refractivity contribution >= 4 is 10.9 Å². The largest absolute Gasteiger partial charge is 0.166 e. The SMILES string of the molecule is C=C/C=C(\C=C)[S+](c1ccccc1)c1ccc(C(C)(C)C)cc1. The first kappa shape index (κ1) is 17.4. The van der Waals surface area contributed by atoms with Crippen LogP contribution in [-0.2, 0) is 16.3 Å². The molecule has 1 unspecified atom stereocenters. The molecule has 1 heteroatoms. The lowest BCUT2D eigenvalue weighted by molar-refractivity contribution is 0.589. The zero-order valence-electron chi connectivity index (χ0n) is 14.3. The molecule has 0 radical (unpaired) electrons. The summed E-state index contributed by atoms with van der Waals surface area (Å²) in [6.07, 6.45) is 5.83. The Labute approximate surface area is 143 Å². The van der Waals surface area contributed by atoms with Gasteiger partial charge < -0.3 is 0 Å². The van der Waals surface area contributed by atoms with Crippen LogP contribution in [0.2, 0.25) is 0 Å². The van der Waals surface area contributed by atoms with E-state index in [-0.39, 0.29) is 16.3 Å². The van der Waals surface area contributed by atoms with Gasteiger partial charge in [0.25, 0.3) is 0 Å². The molecule has 0 saturated carbocycles. The molecule has 2 aromatic carbocycles. The van der Waals surface area contributed by atoms with E-state index in [0.717, 1.165) is 0 Å². The van der Waals surface area contributed by atoms with Crippen LogP contribution in [0.4, 0.5) is 0 Å². The van der Waals surface area contributed by atoms with Crippen molar-refractivity contribution in [2.45, 2.75) is 36.0 Å². The molecule has 118 valence electrons. The minimum atomic E-state index is -0.152. The normalized spacial score (nSPS) is 13.4. The summed E-state index contributed by atoms with van der Waals surface area (Å²) < 4.78 is 0. The lowest BCUT2D eigenvalue weighted by Gasteiger charge is -2.19. The van der Waals surface area contributed by atoms with Crippen molar-refractivity contribution in [3.63, 3.8) is 0 Å². The third-order valence-corrected chi connectivity index (χ3v) is 5.92. The molecule has 0 amide bonds. The predicted octanol–water partition coefficient (Wildman–Crippen LogP) is 6.28. The molecule has 0 aliphatic heterocycles. The van der Waals surface area contributed by atoms with E-state index in [9.17, 15) is 0 Å². The van der Waals surface area contributed by atoms with Crippen LogP contribution in [0.1, 0.15) is 26.3 Å². The van der Waals surface area contributed by atoms with Crippen molar-refractivity contribution in [2.24, 2.45) is 0 Å². The lowest BCUT2D eigenvalue weighted by atomic mass is 9.87. The molecule has 0 N–H and O–H groups in total. The number of rotatable bonds is 5. The Morgan fingerprint density at radius 1 is 0.870 bits per heavy atom. The fourth-order valence-corrected chi connectivity index (χ4v) is 4.44. The maximum Gasteiger partial charge on any atom is 0.166 e. The van der Waals surface area contributed by atoms with Crippen molar-refractivity contribution in [1.82, 2.24) is 0 Å². The number of hydrogen-bond acceptors (Lipinski definition) is 0. The zero-order valence-corrected chi connectivity index (χ0v) is 15.1. The first-order valence-electron chi connectivity index (χ1n) is 7.82. The Bertz CT molecular complexity index is 685. The number of benzene rings is 2. The predicted molar refractivity (Wildman–Crippen MR) is 104 cm³/mol. The Hall–Kier alpha value is -1.99. The van der Waals surface area contributed by atoms with Crippen molar-refractivity contribution in [3.8, 4) is 0 Å². The lowest BCUT2D eigenvalue weighted by Crippen LogP contribution is -2.12. The van der Waals surface area contributed by atoms with E-state index < -0.39 is 0 Å². The number of hydrogen-bond donors (Lipinski definition) is 0. The van der Waals surface area contributed by atoms with Gasteiger partial charge in [0.05, 0.1) is 10.9 Å². The molecule has 0 aliphatic carbocycles. The summed E-state index contributed by atoms with van der Waals surface area (Å²) in [5.74, 6) is 0. The average molecular weight is 322 g/mol. The molecule has 1 atom stereocenters. The van der Waals surface area contributed by atoms with E-state index in [0.29, 0.717) is 0 Å². The molecule has 2 aromatic rings. The molecule has 0 nitrogen and oxygen atoms in total. The van der Waals surface area contributed by atoms with Gasteiger partial charge >= 0.3 is 0 Å². The van der Waals surface area contributed by atoms with Crippen molar-refractivity contribution < 1.29 is 0 Å². The fourth-order valence-electron chi connectivity index (χ4n) is 2.39. The van der Waals surface area contributed by atoms with Gasteiger partial charge in [0.2, 0.25) is 0 Å². The van der Waals surface area contributed by atoms with E-state index in [1.54, 1.807) is 0 Å². The molecule has 0 fully saturated rings. The Morgan fingerprint density at radius 3 is 1.91 bits per heavy atom. The van der Waals surface area contributed by atoms with Crippen LogP contribution in [0.15, 0.2) is 101 Å². The van der Waals surface area contributed by atoms with Crippen molar-refractivity contribution in [1.29, 1.82) is 0 Å². The van der Waals surface area contributed by atoms with Gasteiger partial charge in [0.15, 0.2) is 14.7 Å². The van der Waals surface area contributed by atoms with Crippen LogP contribution < -0.4 is 0 Å². The van der Waals surface area contributed by atoms with Gasteiger partial charge in [-0.25, -0.2) is 0 Å². The second-order valence-corrected chi connectivity index (χ2v) is 8.43. The van der Waals surface area contributed by atoms with E-state index in [4.69, 9.17) is 0 Å². The van der Waals surface area contributed by atoms with Gasteiger partial charge in [-0.2, -0.15) is 0 Å². The standard InChI is InChI=1S/C22H25S/c1-6-11-19(7-2)23(20-12-9-8-10-13-20)21-16-14-18(15-17-21)22(3,4)5/h6-17H,1-2H2,3-5H3/q+1/b19-11+. The van der Waals surface area contributed by atoms with E-state index in [2.05, 4.69) is 94.6 Å². The Balaban J connectivity index is 2.52. The molecule has 0 saturated heterocycles. The van der Waals surface area contributed by atoms with Gasteiger partial charge in [-0.05, 0) is 47.4 Å². The van der Waals surface area contributed by atoms with Crippen molar-refractivity contribution in [2.75, 3.05) is 0 Å². The summed E-state index contributed by atoms with van der Waals surface area (Å²) in [6.45, 7) is 14.6. The summed E-state index contributed by atoms with van der Waals surface area (Å²) in [6, 6.07) is 19.6. The minimum Gasteiger partial charge on any atom is -0.0989 e. The minimum absolute atomic E-state index is 0.152.